The summed E-state index contributed by atoms with van der Waals surface area (Å²) in [6.45, 7) is 5.93. The molecule has 1 N–H and O–H groups in total. The van der Waals surface area contributed by atoms with Gasteiger partial charge in [-0.05, 0) is 56.2 Å². The molecule has 2 aromatic heterocycles. The van der Waals surface area contributed by atoms with Crippen LogP contribution in [-0.2, 0) is 12.8 Å². The van der Waals surface area contributed by atoms with E-state index in [0.717, 1.165) is 41.6 Å². The molecular weight excluding hydrogens is 332 g/mol. The van der Waals surface area contributed by atoms with E-state index in [1.807, 2.05) is 19.9 Å². The first-order valence-electron chi connectivity index (χ1n) is 8.76. The van der Waals surface area contributed by atoms with E-state index in [-0.39, 0.29) is 11.2 Å². The molecule has 0 aliphatic heterocycles. The van der Waals surface area contributed by atoms with Crippen molar-refractivity contribution in [1.82, 2.24) is 5.16 Å². The van der Waals surface area contributed by atoms with Crippen LogP contribution in [0, 0.1) is 19.8 Å². The van der Waals surface area contributed by atoms with Gasteiger partial charge in [-0.1, -0.05) is 18.1 Å². The van der Waals surface area contributed by atoms with Crippen LogP contribution < -0.4 is 10.7 Å². The van der Waals surface area contributed by atoms with Gasteiger partial charge in [-0.15, -0.1) is 0 Å². The number of fused-ring (bicyclic) bond motifs is 2. The summed E-state index contributed by atoms with van der Waals surface area (Å²) < 4.78 is 11.0. The number of anilines is 1. The number of aromatic nitrogens is 1. The normalized spacial score (nSPS) is 16.5. The second-order valence-corrected chi connectivity index (χ2v) is 7.17. The van der Waals surface area contributed by atoms with Gasteiger partial charge in [0.1, 0.15) is 5.58 Å². The van der Waals surface area contributed by atoms with E-state index in [1.54, 1.807) is 6.07 Å². The van der Waals surface area contributed by atoms with Crippen molar-refractivity contribution in [3.05, 3.63) is 56.6 Å². The zero-order chi connectivity index (χ0) is 18.4. The molecular formula is C20H20N2O4. The molecule has 4 rings (SSSR count). The highest BCUT2D eigenvalue weighted by molar-refractivity contribution is 6.02. The largest absolute Gasteiger partial charge is 0.450 e. The lowest BCUT2D eigenvalue weighted by Gasteiger charge is -2.16. The molecule has 2 heterocycles. The van der Waals surface area contributed by atoms with Gasteiger partial charge in [-0.2, -0.15) is 0 Å². The SMILES string of the molecule is Cc1cc(C)c2oc(C(=O)Nc3onc4c3C[C@H](C)CC4)cc(=O)c2c1. The quantitative estimate of drug-likeness (QED) is 0.759. The number of nitrogens with zero attached hydrogens (tertiary/aromatic N) is 1. The predicted octanol–water partition coefficient (Wildman–Crippen LogP) is 3.77. The highest BCUT2D eigenvalue weighted by Gasteiger charge is 2.25. The standard InChI is InChI=1S/C20H20N2O4/c1-10-4-5-15-13(7-10)20(26-22-15)21-19(24)17-9-16(23)14-8-11(2)6-12(3)18(14)25-17/h6,8-10H,4-5,7H2,1-3H3,(H,21,24)/t10-/m1/s1. The van der Waals surface area contributed by atoms with Gasteiger partial charge in [0.15, 0.2) is 11.2 Å². The van der Waals surface area contributed by atoms with E-state index >= 15 is 0 Å². The number of carbonyl (C=O) groups is 1. The molecule has 0 fully saturated rings. The molecule has 1 aliphatic rings. The van der Waals surface area contributed by atoms with Crippen LogP contribution in [0.1, 0.15) is 46.3 Å². The maximum atomic E-state index is 12.6. The lowest BCUT2D eigenvalue weighted by molar-refractivity contribution is 0.0994. The molecule has 0 bridgehead atoms. The first kappa shape index (κ1) is 16.6. The third-order valence-electron chi connectivity index (χ3n) is 4.91. The van der Waals surface area contributed by atoms with Crippen molar-refractivity contribution in [2.45, 2.75) is 40.0 Å². The Morgan fingerprint density at radius 2 is 2.08 bits per heavy atom. The summed E-state index contributed by atoms with van der Waals surface area (Å²) in [5.74, 6) is 0.312. The minimum atomic E-state index is -0.513. The Kier molecular flexibility index (Phi) is 3.90. The van der Waals surface area contributed by atoms with Crippen LogP contribution in [0.2, 0.25) is 0 Å². The van der Waals surface area contributed by atoms with Crippen molar-refractivity contribution < 1.29 is 13.7 Å². The number of hydrogen-bond acceptors (Lipinski definition) is 5. The molecule has 1 amide bonds. The molecule has 1 aliphatic carbocycles. The highest BCUT2D eigenvalue weighted by atomic mass is 16.5. The molecule has 0 saturated carbocycles. The molecule has 0 unspecified atom stereocenters. The second kappa shape index (κ2) is 6.12. The van der Waals surface area contributed by atoms with E-state index in [2.05, 4.69) is 17.4 Å². The summed E-state index contributed by atoms with van der Waals surface area (Å²) in [7, 11) is 0. The monoisotopic (exact) mass is 352 g/mol. The number of amides is 1. The van der Waals surface area contributed by atoms with Crippen LogP contribution in [0.15, 0.2) is 31.9 Å². The van der Waals surface area contributed by atoms with Gasteiger partial charge in [-0.25, -0.2) is 0 Å². The van der Waals surface area contributed by atoms with Gasteiger partial charge < -0.3 is 8.94 Å². The summed E-state index contributed by atoms with van der Waals surface area (Å²) in [5, 5.41) is 7.23. The molecule has 6 heteroatoms. The lowest BCUT2D eigenvalue weighted by atomic mass is 9.89. The van der Waals surface area contributed by atoms with Crippen LogP contribution in [-0.4, -0.2) is 11.1 Å². The Morgan fingerprint density at radius 1 is 1.27 bits per heavy atom. The zero-order valence-corrected chi connectivity index (χ0v) is 15.0. The Balaban J connectivity index is 1.69. The van der Waals surface area contributed by atoms with Gasteiger partial charge in [-0.3, -0.25) is 14.9 Å². The fourth-order valence-electron chi connectivity index (χ4n) is 3.57. The first-order chi connectivity index (χ1) is 12.4. The van der Waals surface area contributed by atoms with Crippen LogP contribution in [0.5, 0.6) is 0 Å². The van der Waals surface area contributed by atoms with Crippen molar-refractivity contribution in [2.75, 3.05) is 5.32 Å². The predicted molar refractivity (Wildman–Crippen MR) is 97.6 cm³/mol. The average molecular weight is 352 g/mol. The molecule has 0 spiro atoms. The minimum absolute atomic E-state index is 0.0385. The van der Waals surface area contributed by atoms with Crippen molar-refractivity contribution >= 4 is 22.8 Å². The van der Waals surface area contributed by atoms with Crippen LogP contribution in [0.25, 0.3) is 11.0 Å². The van der Waals surface area contributed by atoms with Gasteiger partial charge in [0.25, 0.3) is 5.91 Å². The Labute approximate surface area is 150 Å². The molecule has 3 aromatic rings. The van der Waals surface area contributed by atoms with Gasteiger partial charge in [0, 0.05) is 11.6 Å². The van der Waals surface area contributed by atoms with E-state index in [4.69, 9.17) is 8.94 Å². The van der Waals surface area contributed by atoms with E-state index < -0.39 is 5.91 Å². The second-order valence-electron chi connectivity index (χ2n) is 7.17. The summed E-state index contributed by atoms with van der Waals surface area (Å²) in [4.78, 5) is 25.0. The van der Waals surface area contributed by atoms with Gasteiger partial charge >= 0.3 is 0 Å². The average Bonchev–Trinajstić information content (AvgIpc) is 2.97. The van der Waals surface area contributed by atoms with Crippen molar-refractivity contribution in [2.24, 2.45) is 5.92 Å². The van der Waals surface area contributed by atoms with Gasteiger partial charge in [0.2, 0.25) is 5.88 Å². The topological polar surface area (TPSA) is 85.3 Å². The third kappa shape index (κ3) is 2.81. The number of nitrogens with one attached hydrogen (secondary N) is 1. The third-order valence-corrected chi connectivity index (χ3v) is 4.91. The number of hydrogen-bond donors (Lipinski definition) is 1. The maximum absolute atomic E-state index is 12.6. The Morgan fingerprint density at radius 3 is 2.88 bits per heavy atom. The minimum Gasteiger partial charge on any atom is -0.450 e. The van der Waals surface area contributed by atoms with E-state index in [1.165, 1.54) is 6.07 Å². The number of rotatable bonds is 2. The summed E-state index contributed by atoms with van der Waals surface area (Å²) in [6, 6.07) is 4.91. The molecule has 26 heavy (non-hydrogen) atoms. The number of aryl methyl sites for hydroxylation is 3. The Bertz CT molecular complexity index is 1080. The van der Waals surface area contributed by atoms with Crippen molar-refractivity contribution in [3.8, 4) is 0 Å². The maximum Gasteiger partial charge on any atom is 0.293 e. The molecule has 134 valence electrons. The lowest BCUT2D eigenvalue weighted by Crippen LogP contribution is -2.17. The van der Waals surface area contributed by atoms with Crippen molar-refractivity contribution in [1.29, 1.82) is 0 Å². The van der Waals surface area contributed by atoms with E-state index in [0.29, 0.717) is 22.8 Å². The summed E-state index contributed by atoms with van der Waals surface area (Å²) >= 11 is 0. The molecule has 0 radical (unpaired) electrons. The fraction of sp³-hybridized carbons (Fsp3) is 0.350. The van der Waals surface area contributed by atoms with E-state index in [9.17, 15) is 9.59 Å². The highest BCUT2D eigenvalue weighted by Crippen LogP contribution is 2.31. The molecule has 0 saturated heterocycles. The first-order valence-corrected chi connectivity index (χ1v) is 8.76. The summed E-state index contributed by atoms with van der Waals surface area (Å²) in [6.07, 6.45) is 2.72. The zero-order valence-electron chi connectivity index (χ0n) is 15.0. The molecule has 6 nitrogen and oxygen atoms in total. The summed E-state index contributed by atoms with van der Waals surface area (Å²) in [5.41, 5.74) is 3.81. The Hall–Kier alpha value is -2.89. The number of benzene rings is 1. The molecule has 1 atom stereocenters. The van der Waals surface area contributed by atoms with Crippen molar-refractivity contribution in [3.63, 3.8) is 0 Å². The smallest absolute Gasteiger partial charge is 0.293 e. The number of carbonyl (C=O) groups excluding carboxylic acids is 1. The van der Waals surface area contributed by atoms with Crippen LogP contribution in [0.3, 0.4) is 0 Å². The molecule has 1 aromatic carbocycles. The fourth-order valence-corrected chi connectivity index (χ4v) is 3.57. The van der Waals surface area contributed by atoms with Gasteiger partial charge in [0.05, 0.1) is 11.1 Å². The van der Waals surface area contributed by atoms with Crippen LogP contribution in [0.4, 0.5) is 5.88 Å². The van der Waals surface area contributed by atoms with Crippen LogP contribution >= 0.6 is 0 Å².